The van der Waals surface area contributed by atoms with Gasteiger partial charge in [-0.2, -0.15) is 5.26 Å². The van der Waals surface area contributed by atoms with Crippen molar-refractivity contribution in [2.45, 2.75) is 25.6 Å². The number of hydrogen-bond acceptors (Lipinski definition) is 3. The van der Waals surface area contributed by atoms with Crippen molar-refractivity contribution in [1.82, 2.24) is 5.32 Å². The van der Waals surface area contributed by atoms with E-state index in [-0.39, 0.29) is 11.7 Å². The van der Waals surface area contributed by atoms with Gasteiger partial charge in [-0.25, -0.2) is 0 Å². The van der Waals surface area contributed by atoms with E-state index >= 15 is 0 Å². The molecule has 0 saturated carbocycles. The fraction of sp³-hybridized carbons (Fsp3) is 0.857. The zero-order chi connectivity index (χ0) is 7.61. The van der Waals surface area contributed by atoms with Crippen molar-refractivity contribution < 1.29 is 4.74 Å². The quantitative estimate of drug-likeness (QED) is 0.599. The molecule has 1 fully saturated rings. The third-order valence-corrected chi connectivity index (χ3v) is 1.64. The maximum atomic E-state index is 8.42. The summed E-state index contributed by atoms with van der Waals surface area (Å²) < 4.78 is 5.40. The summed E-state index contributed by atoms with van der Waals surface area (Å²) in [6.45, 7) is 5.50. The summed E-state index contributed by atoms with van der Waals surface area (Å²) >= 11 is 0. The van der Waals surface area contributed by atoms with E-state index in [1.54, 1.807) is 6.92 Å². The maximum Gasteiger partial charge on any atom is 0.142 e. The Morgan fingerprint density at radius 1 is 1.70 bits per heavy atom. The molecular formula is C7H12N2O. The molecule has 0 spiro atoms. The summed E-state index contributed by atoms with van der Waals surface area (Å²) in [5.41, 5.74) is -0.0881. The summed E-state index contributed by atoms with van der Waals surface area (Å²) in [6, 6.07) is 2.04. The van der Waals surface area contributed by atoms with Gasteiger partial charge in [0.2, 0.25) is 0 Å². The molecular weight excluding hydrogens is 128 g/mol. The lowest BCUT2D eigenvalue weighted by atomic mass is 10.00. The second-order valence-electron chi connectivity index (χ2n) is 2.94. The second kappa shape index (κ2) is 2.57. The zero-order valence-electron chi connectivity index (χ0n) is 6.35. The molecule has 1 saturated heterocycles. The van der Waals surface area contributed by atoms with Crippen molar-refractivity contribution in [1.29, 1.82) is 5.26 Å². The van der Waals surface area contributed by atoms with E-state index in [2.05, 4.69) is 5.32 Å². The second-order valence-corrected chi connectivity index (χ2v) is 2.94. The Morgan fingerprint density at radius 3 is 2.60 bits per heavy atom. The molecule has 10 heavy (non-hydrogen) atoms. The molecule has 1 unspecified atom stereocenters. The fourth-order valence-electron chi connectivity index (χ4n) is 1.01. The first-order valence-corrected chi connectivity index (χ1v) is 3.44. The molecule has 0 aromatic carbocycles. The number of ether oxygens (including phenoxy) is 1. The fourth-order valence-corrected chi connectivity index (χ4v) is 1.01. The third kappa shape index (κ3) is 1.47. The largest absolute Gasteiger partial charge is 0.355 e. The van der Waals surface area contributed by atoms with Gasteiger partial charge in [-0.05, 0) is 13.8 Å². The van der Waals surface area contributed by atoms with Gasteiger partial charge in [0.05, 0.1) is 11.7 Å². The molecule has 1 heterocycles. The Morgan fingerprint density at radius 2 is 2.30 bits per heavy atom. The lowest BCUT2D eigenvalue weighted by Gasteiger charge is -2.39. The molecule has 3 heteroatoms. The minimum atomic E-state index is -0.285. The van der Waals surface area contributed by atoms with E-state index in [0.29, 0.717) is 0 Å². The first kappa shape index (κ1) is 7.52. The molecule has 0 aromatic rings. The van der Waals surface area contributed by atoms with E-state index < -0.39 is 0 Å². The maximum absolute atomic E-state index is 8.42. The molecule has 0 aliphatic carbocycles. The zero-order valence-corrected chi connectivity index (χ0v) is 6.35. The Bertz CT molecular complexity index is 157. The normalized spacial score (nSPS) is 24.5. The first-order chi connectivity index (χ1) is 4.66. The van der Waals surface area contributed by atoms with Gasteiger partial charge in [0.15, 0.2) is 0 Å². The van der Waals surface area contributed by atoms with Crippen molar-refractivity contribution in [3.8, 4) is 6.07 Å². The van der Waals surface area contributed by atoms with Crippen LogP contribution in [-0.4, -0.2) is 24.8 Å². The molecule has 1 rings (SSSR count). The van der Waals surface area contributed by atoms with Crippen molar-refractivity contribution >= 4 is 0 Å². The number of rotatable bonds is 2. The van der Waals surface area contributed by atoms with Gasteiger partial charge in [0.1, 0.15) is 6.10 Å². The van der Waals surface area contributed by atoms with Gasteiger partial charge < -0.3 is 10.1 Å². The average Bonchev–Trinajstić information content (AvgIpc) is 1.84. The number of nitrogens with zero attached hydrogens (tertiary/aromatic N) is 1. The minimum Gasteiger partial charge on any atom is -0.355 e. The van der Waals surface area contributed by atoms with Crippen LogP contribution in [0.15, 0.2) is 0 Å². The van der Waals surface area contributed by atoms with E-state index in [1.807, 2.05) is 13.0 Å². The number of nitrogens with one attached hydrogen (secondary N) is 1. The molecule has 1 atom stereocenters. The predicted molar refractivity (Wildman–Crippen MR) is 37.4 cm³/mol. The van der Waals surface area contributed by atoms with Crippen LogP contribution in [0.5, 0.6) is 0 Å². The van der Waals surface area contributed by atoms with Gasteiger partial charge in [-0.15, -0.1) is 0 Å². The van der Waals surface area contributed by atoms with Crippen molar-refractivity contribution in [3.05, 3.63) is 0 Å². The summed E-state index contributed by atoms with van der Waals surface area (Å²) in [4.78, 5) is 0. The van der Waals surface area contributed by atoms with Gasteiger partial charge in [0, 0.05) is 13.1 Å². The van der Waals surface area contributed by atoms with Crippen LogP contribution < -0.4 is 5.32 Å². The minimum absolute atomic E-state index is 0.0881. The van der Waals surface area contributed by atoms with Crippen LogP contribution in [0, 0.1) is 11.3 Å². The van der Waals surface area contributed by atoms with Crippen LogP contribution in [0.3, 0.4) is 0 Å². The van der Waals surface area contributed by atoms with Crippen LogP contribution in [0.25, 0.3) is 0 Å². The molecule has 1 aliphatic heterocycles. The Labute approximate surface area is 61.0 Å². The van der Waals surface area contributed by atoms with Gasteiger partial charge in [-0.3, -0.25) is 0 Å². The van der Waals surface area contributed by atoms with Gasteiger partial charge in [-0.1, -0.05) is 0 Å². The lowest BCUT2D eigenvalue weighted by molar-refractivity contribution is -0.0852. The smallest absolute Gasteiger partial charge is 0.142 e. The van der Waals surface area contributed by atoms with Gasteiger partial charge in [0.25, 0.3) is 0 Å². The summed E-state index contributed by atoms with van der Waals surface area (Å²) in [5, 5.41) is 11.5. The van der Waals surface area contributed by atoms with E-state index in [0.717, 1.165) is 13.1 Å². The van der Waals surface area contributed by atoms with E-state index in [9.17, 15) is 0 Å². The predicted octanol–water partition coefficient (Wildman–Crippen LogP) is 0.277. The summed E-state index contributed by atoms with van der Waals surface area (Å²) in [7, 11) is 0. The molecule has 0 radical (unpaired) electrons. The topological polar surface area (TPSA) is 45.0 Å². The highest BCUT2D eigenvalue weighted by Crippen LogP contribution is 2.16. The number of nitriles is 1. The Hall–Kier alpha value is -0.590. The SMILES string of the molecule is CC(C#N)OC1(C)CNC1. The van der Waals surface area contributed by atoms with Crippen LogP contribution in [-0.2, 0) is 4.74 Å². The Balaban J connectivity index is 2.31. The highest BCUT2D eigenvalue weighted by atomic mass is 16.5. The van der Waals surface area contributed by atoms with Crippen LogP contribution in [0.2, 0.25) is 0 Å². The molecule has 1 aliphatic rings. The van der Waals surface area contributed by atoms with E-state index in [4.69, 9.17) is 10.00 Å². The average molecular weight is 140 g/mol. The monoisotopic (exact) mass is 140 g/mol. The lowest BCUT2D eigenvalue weighted by Crippen LogP contribution is -2.59. The Kier molecular flexibility index (Phi) is 1.93. The highest BCUT2D eigenvalue weighted by molar-refractivity contribution is 4.93. The van der Waals surface area contributed by atoms with Crippen molar-refractivity contribution in [2.24, 2.45) is 0 Å². The van der Waals surface area contributed by atoms with Crippen LogP contribution in [0.1, 0.15) is 13.8 Å². The highest BCUT2D eigenvalue weighted by Gasteiger charge is 2.33. The standard InChI is InChI=1S/C7H12N2O/c1-6(3-8)10-7(2)4-9-5-7/h6,9H,4-5H2,1-2H3. The third-order valence-electron chi connectivity index (χ3n) is 1.64. The molecule has 0 amide bonds. The summed E-state index contributed by atoms with van der Waals surface area (Å²) in [6.07, 6.45) is -0.285. The van der Waals surface area contributed by atoms with E-state index in [1.165, 1.54) is 0 Å². The number of hydrogen-bond donors (Lipinski definition) is 1. The van der Waals surface area contributed by atoms with Crippen LogP contribution in [0.4, 0.5) is 0 Å². The summed E-state index contributed by atoms with van der Waals surface area (Å²) in [5.74, 6) is 0. The molecule has 0 aromatic heterocycles. The van der Waals surface area contributed by atoms with Crippen molar-refractivity contribution in [3.63, 3.8) is 0 Å². The first-order valence-electron chi connectivity index (χ1n) is 3.44. The molecule has 0 bridgehead atoms. The molecule has 3 nitrogen and oxygen atoms in total. The molecule has 1 N–H and O–H groups in total. The van der Waals surface area contributed by atoms with Gasteiger partial charge >= 0.3 is 0 Å². The molecule has 56 valence electrons. The van der Waals surface area contributed by atoms with Crippen LogP contribution >= 0.6 is 0 Å². The van der Waals surface area contributed by atoms with Crippen molar-refractivity contribution in [2.75, 3.05) is 13.1 Å².